The van der Waals surface area contributed by atoms with E-state index in [1.165, 1.54) is 31.9 Å². The summed E-state index contributed by atoms with van der Waals surface area (Å²) in [4.78, 5) is 14.4. The van der Waals surface area contributed by atoms with Gasteiger partial charge in [-0.15, -0.1) is 0 Å². The molecule has 0 amide bonds. The van der Waals surface area contributed by atoms with Crippen LogP contribution in [0.15, 0.2) is 12.3 Å². The molecule has 0 bridgehead atoms. The van der Waals surface area contributed by atoms with Crippen molar-refractivity contribution in [2.24, 2.45) is 11.3 Å². The van der Waals surface area contributed by atoms with Gasteiger partial charge in [0.25, 0.3) is 5.69 Å². The Morgan fingerprint density at radius 2 is 2.28 bits per heavy atom. The first kappa shape index (κ1) is 11.4. The van der Waals surface area contributed by atoms with E-state index in [-0.39, 0.29) is 5.69 Å². The van der Waals surface area contributed by atoms with Crippen molar-refractivity contribution in [1.29, 1.82) is 0 Å². The Labute approximate surface area is 106 Å². The number of pyridine rings is 1. The van der Waals surface area contributed by atoms with Gasteiger partial charge in [-0.3, -0.25) is 10.1 Å². The predicted octanol–water partition coefficient (Wildman–Crippen LogP) is 2.90. The molecule has 0 saturated heterocycles. The number of nitrogens with one attached hydrogen (secondary N) is 1. The third kappa shape index (κ3) is 2.05. The van der Waals surface area contributed by atoms with Crippen molar-refractivity contribution in [1.82, 2.24) is 4.98 Å². The second kappa shape index (κ2) is 3.93. The van der Waals surface area contributed by atoms with Gasteiger partial charge in [0.1, 0.15) is 12.0 Å². The molecule has 96 valence electrons. The fourth-order valence-electron chi connectivity index (χ4n) is 2.69. The van der Waals surface area contributed by atoms with Crippen molar-refractivity contribution < 1.29 is 4.92 Å². The summed E-state index contributed by atoms with van der Waals surface area (Å²) < 4.78 is 0. The second-order valence-corrected chi connectivity index (χ2v) is 5.60. The van der Waals surface area contributed by atoms with Crippen LogP contribution >= 0.6 is 0 Å². The molecule has 1 aromatic rings. The van der Waals surface area contributed by atoms with E-state index in [4.69, 9.17) is 0 Å². The van der Waals surface area contributed by atoms with Gasteiger partial charge in [-0.1, -0.05) is 0 Å². The molecule has 1 heterocycles. The van der Waals surface area contributed by atoms with E-state index < -0.39 is 4.92 Å². The van der Waals surface area contributed by atoms with Crippen LogP contribution in [0.4, 0.5) is 11.5 Å². The molecule has 2 saturated carbocycles. The summed E-state index contributed by atoms with van der Waals surface area (Å²) in [6.07, 6.45) is 6.71. The molecule has 0 spiro atoms. The lowest BCUT2D eigenvalue weighted by molar-refractivity contribution is -0.385. The van der Waals surface area contributed by atoms with Crippen molar-refractivity contribution in [3.05, 3.63) is 27.9 Å². The van der Waals surface area contributed by atoms with E-state index in [2.05, 4.69) is 10.3 Å². The Bertz CT molecular complexity index is 493. The average molecular weight is 247 g/mol. The maximum Gasteiger partial charge on any atom is 0.290 e. The van der Waals surface area contributed by atoms with Crippen molar-refractivity contribution in [3.63, 3.8) is 0 Å². The number of aromatic nitrogens is 1. The summed E-state index contributed by atoms with van der Waals surface area (Å²) in [6.45, 7) is 2.71. The largest absolute Gasteiger partial charge is 0.369 e. The zero-order valence-electron chi connectivity index (χ0n) is 10.5. The third-order valence-electron chi connectivity index (χ3n) is 4.24. The molecule has 2 aliphatic carbocycles. The van der Waals surface area contributed by atoms with Gasteiger partial charge in [0, 0.05) is 12.1 Å². The van der Waals surface area contributed by atoms with E-state index in [9.17, 15) is 10.1 Å². The van der Waals surface area contributed by atoms with Crippen molar-refractivity contribution >= 4 is 11.5 Å². The minimum absolute atomic E-state index is 0.0869. The molecule has 2 fully saturated rings. The minimum Gasteiger partial charge on any atom is -0.369 e. The second-order valence-electron chi connectivity index (χ2n) is 5.60. The highest BCUT2D eigenvalue weighted by Gasteiger charge is 2.53. The van der Waals surface area contributed by atoms with Crippen molar-refractivity contribution in [2.75, 3.05) is 11.9 Å². The van der Waals surface area contributed by atoms with Gasteiger partial charge < -0.3 is 5.32 Å². The smallest absolute Gasteiger partial charge is 0.290 e. The quantitative estimate of drug-likeness (QED) is 0.641. The molecule has 3 rings (SSSR count). The van der Waals surface area contributed by atoms with Crippen LogP contribution in [0.3, 0.4) is 0 Å². The molecule has 0 radical (unpaired) electrons. The number of nitro groups is 1. The van der Waals surface area contributed by atoms with E-state index in [1.807, 2.05) is 0 Å². The molecule has 2 aliphatic rings. The Balaban J connectivity index is 1.66. The van der Waals surface area contributed by atoms with Gasteiger partial charge in [-0.25, -0.2) is 4.98 Å². The Hall–Kier alpha value is -1.65. The van der Waals surface area contributed by atoms with Gasteiger partial charge in [0.05, 0.1) is 4.92 Å². The van der Waals surface area contributed by atoms with E-state index in [0.717, 1.165) is 18.3 Å². The van der Waals surface area contributed by atoms with Crippen molar-refractivity contribution in [2.45, 2.75) is 32.6 Å². The lowest BCUT2D eigenvalue weighted by Crippen LogP contribution is -2.18. The number of nitrogens with zero attached hydrogens (tertiary/aromatic N) is 2. The third-order valence-corrected chi connectivity index (χ3v) is 4.24. The summed E-state index contributed by atoms with van der Waals surface area (Å²) in [6, 6.07) is 1.76. The number of rotatable bonds is 5. The predicted molar refractivity (Wildman–Crippen MR) is 68.5 cm³/mol. The Morgan fingerprint density at radius 3 is 2.78 bits per heavy atom. The van der Waals surface area contributed by atoms with Gasteiger partial charge in [-0.05, 0) is 50.0 Å². The monoisotopic (exact) mass is 247 g/mol. The van der Waals surface area contributed by atoms with Gasteiger partial charge in [0.2, 0.25) is 0 Å². The molecule has 0 aliphatic heterocycles. The zero-order valence-corrected chi connectivity index (χ0v) is 10.5. The van der Waals surface area contributed by atoms with Crippen LogP contribution in [0.25, 0.3) is 0 Å². The first-order chi connectivity index (χ1) is 8.61. The van der Waals surface area contributed by atoms with Gasteiger partial charge in [0.15, 0.2) is 0 Å². The molecule has 1 aromatic heterocycles. The average Bonchev–Trinajstić information content (AvgIpc) is 3.17. The molecule has 5 nitrogen and oxygen atoms in total. The molecule has 0 aromatic carbocycles. The molecule has 1 N–H and O–H groups in total. The highest BCUT2D eigenvalue weighted by atomic mass is 16.6. The summed E-state index contributed by atoms with van der Waals surface area (Å²) in [7, 11) is 0. The highest BCUT2D eigenvalue weighted by molar-refractivity contribution is 5.47. The Morgan fingerprint density at radius 1 is 1.56 bits per heavy atom. The molecule has 5 heteroatoms. The SMILES string of the molecule is Cc1cc(NCC2(C3CC3)CC2)ncc1[N+](=O)[O-]. The lowest BCUT2D eigenvalue weighted by Gasteiger charge is -2.15. The molecular weight excluding hydrogens is 230 g/mol. The Kier molecular flexibility index (Phi) is 2.50. The standard InChI is InChI=1S/C13H17N3O2/c1-9-6-12(14-7-11(9)16(17)18)15-8-13(4-5-13)10-2-3-10/h6-7,10H,2-5,8H2,1H3,(H,14,15). The maximum atomic E-state index is 10.7. The van der Waals surface area contributed by atoms with Crippen LogP contribution in [0.1, 0.15) is 31.2 Å². The first-order valence-corrected chi connectivity index (χ1v) is 6.46. The highest BCUT2D eigenvalue weighted by Crippen LogP contribution is 2.61. The van der Waals surface area contributed by atoms with Crippen LogP contribution in [-0.4, -0.2) is 16.5 Å². The first-order valence-electron chi connectivity index (χ1n) is 6.46. The summed E-state index contributed by atoms with van der Waals surface area (Å²) >= 11 is 0. The number of hydrogen-bond acceptors (Lipinski definition) is 4. The van der Waals surface area contributed by atoms with Crippen LogP contribution in [0.2, 0.25) is 0 Å². The van der Waals surface area contributed by atoms with E-state index >= 15 is 0 Å². The number of aryl methyl sites for hydroxylation is 1. The van der Waals surface area contributed by atoms with E-state index in [0.29, 0.717) is 11.0 Å². The van der Waals surface area contributed by atoms with Crippen LogP contribution in [0.5, 0.6) is 0 Å². The summed E-state index contributed by atoms with van der Waals surface area (Å²) in [5.41, 5.74) is 1.26. The normalized spacial score (nSPS) is 20.5. The van der Waals surface area contributed by atoms with Crippen LogP contribution in [0, 0.1) is 28.4 Å². The summed E-state index contributed by atoms with van der Waals surface area (Å²) in [5.74, 6) is 1.66. The van der Waals surface area contributed by atoms with Gasteiger partial charge in [-0.2, -0.15) is 0 Å². The topological polar surface area (TPSA) is 68.1 Å². The van der Waals surface area contributed by atoms with E-state index in [1.54, 1.807) is 13.0 Å². The maximum absolute atomic E-state index is 10.7. The zero-order chi connectivity index (χ0) is 12.8. The number of hydrogen-bond donors (Lipinski definition) is 1. The fraction of sp³-hybridized carbons (Fsp3) is 0.615. The summed E-state index contributed by atoms with van der Waals surface area (Å²) in [5, 5.41) is 14.0. The van der Waals surface area contributed by atoms with Crippen LogP contribution < -0.4 is 5.32 Å². The molecule has 18 heavy (non-hydrogen) atoms. The molecular formula is C13H17N3O2. The number of anilines is 1. The molecule has 0 atom stereocenters. The van der Waals surface area contributed by atoms with Gasteiger partial charge >= 0.3 is 0 Å². The lowest BCUT2D eigenvalue weighted by atomic mass is 10.0. The molecule has 0 unspecified atom stereocenters. The minimum atomic E-state index is -0.390. The fourth-order valence-corrected chi connectivity index (χ4v) is 2.69. The van der Waals surface area contributed by atoms with Crippen LogP contribution in [-0.2, 0) is 0 Å². The van der Waals surface area contributed by atoms with Crippen molar-refractivity contribution in [3.8, 4) is 0 Å².